The van der Waals surface area contributed by atoms with E-state index in [0.717, 1.165) is 31.5 Å². The minimum Gasteiger partial charge on any atom is -0.309 e. The van der Waals surface area contributed by atoms with Gasteiger partial charge in [-0.05, 0) is 59.7 Å². The molecule has 5 heteroatoms. The van der Waals surface area contributed by atoms with E-state index in [1.54, 1.807) is 11.3 Å². The van der Waals surface area contributed by atoms with Crippen molar-refractivity contribution < 1.29 is 0 Å². The van der Waals surface area contributed by atoms with E-state index in [2.05, 4.69) is 38.7 Å². The van der Waals surface area contributed by atoms with Crippen LogP contribution in [0.25, 0.3) is 0 Å². The summed E-state index contributed by atoms with van der Waals surface area (Å²) >= 11 is 3.19. The summed E-state index contributed by atoms with van der Waals surface area (Å²) in [5.74, 6) is 0. The topological polar surface area (TPSA) is 37.8 Å². The lowest BCUT2D eigenvalue weighted by Crippen LogP contribution is -2.23. The lowest BCUT2D eigenvalue weighted by molar-refractivity contribution is 0.488. The molecule has 0 saturated heterocycles. The highest BCUT2D eigenvalue weighted by molar-refractivity contribution is 7.07. The molecule has 3 nitrogen and oxygen atoms in total. The SMILES string of the molecule is CCCNC(CCc1ccsc1)c1csnn1. The van der Waals surface area contributed by atoms with Crippen molar-refractivity contribution in [3.63, 3.8) is 0 Å². The minimum atomic E-state index is 0.341. The molecule has 0 saturated carbocycles. The summed E-state index contributed by atoms with van der Waals surface area (Å²) in [6, 6.07) is 2.54. The first kappa shape index (κ1) is 12.7. The maximum atomic E-state index is 4.18. The van der Waals surface area contributed by atoms with Crippen LogP contribution in [0.4, 0.5) is 0 Å². The van der Waals surface area contributed by atoms with Gasteiger partial charge < -0.3 is 5.32 Å². The van der Waals surface area contributed by atoms with Gasteiger partial charge in [-0.25, -0.2) is 0 Å². The van der Waals surface area contributed by atoms with Gasteiger partial charge in [0.15, 0.2) is 0 Å². The molecule has 1 atom stereocenters. The molecular weight excluding hydrogens is 250 g/mol. The maximum absolute atomic E-state index is 4.18. The highest BCUT2D eigenvalue weighted by Gasteiger charge is 2.13. The Balaban J connectivity index is 1.91. The molecule has 2 rings (SSSR count). The normalized spacial score (nSPS) is 12.8. The van der Waals surface area contributed by atoms with Gasteiger partial charge >= 0.3 is 0 Å². The largest absolute Gasteiger partial charge is 0.309 e. The van der Waals surface area contributed by atoms with Gasteiger partial charge in [-0.3, -0.25) is 0 Å². The van der Waals surface area contributed by atoms with Crippen molar-refractivity contribution >= 4 is 22.9 Å². The average molecular weight is 267 g/mol. The van der Waals surface area contributed by atoms with Crippen LogP contribution in [0.1, 0.15) is 37.1 Å². The van der Waals surface area contributed by atoms with Gasteiger partial charge in [0.1, 0.15) is 0 Å². The number of thiophene rings is 1. The second kappa shape index (κ2) is 6.83. The zero-order chi connectivity index (χ0) is 11.9. The number of hydrogen-bond donors (Lipinski definition) is 1. The van der Waals surface area contributed by atoms with Crippen LogP contribution >= 0.6 is 22.9 Å². The van der Waals surface area contributed by atoms with E-state index in [4.69, 9.17) is 0 Å². The van der Waals surface area contributed by atoms with Crippen LogP contribution in [0.3, 0.4) is 0 Å². The lowest BCUT2D eigenvalue weighted by Gasteiger charge is -2.15. The number of aryl methyl sites for hydroxylation is 1. The molecule has 2 heterocycles. The Morgan fingerprint density at radius 1 is 1.41 bits per heavy atom. The van der Waals surface area contributed by atoms with E-state index in [0.29, 0.717) is 6.04 Å². The van der Waals surface area contributed by atoms with Crippen LogP contribution in [0.15, 0.2) is 22.2 Å². The van der Waals surface area contributed by atoms with E-state index in [1.807, 2.05) is 5.38 Å². The van der Waals surface area contributed by atoms with E-state index < -0.39 is 0 Å². The van der Waals surface area contributed by atoms with Gasteiger partial charge in [-0.1, -0.05) is 11.4 Å². The fourth-order valence-electron chi connectivity index (χ4n) is 1.74. The summed E-state index contributed by atoms with van der Waals surface area (Å²) < 4.78 is 3.95. The molecule has 92 valence electrons. The van der Waals surface area contributed by atoms with Crippen LogP contribution in [0, 0.1) is 0 Å². The van der Waals surface area contributed by atoms with Crippen LogP contribution < -0.4 is 5.32 Å². The van der Waals surface area contributed by atoms with Crippen molar-refractivity contribution in [3.8, 4) is 0 Å². The summed E-state index contributed by atoms with van der Waals surface area (Å²) in [7, 11) is 0. The fourth-order valence-corrected chi connectivity index (χ4v) is 2.95. The zero-order valence-electron chi connectivity index (χ0n) is 9.93. The molecule has 1 N–H and O–H groups in total. The standard InChI is InChI=1S/C12H17N3S2/c1-2-6-13-11(12-9-17-15-14-12)4-3-10-5-7-16-8-10/h5,7-9,11,13H,2-4,6H2,1H3. The zero-order valence-corrected chi connectivity index (χ0v) is 11.6. The molecule has 0 aliphatic carbocycles. The van der Waals surface area contributed by atoms with Gasteiger partial charge in [0.05, 0.1) is 11.7 Å². The predicted molar refractivity (Wildman–Crippen MR) is 73.6 cm³/mol. The molecule has 0 aliphatic rings. The molecule has 0 radical (unpaired) electrons. The fraction of sp³-hybridized carbons (Fsp3) is 0.500. The van der Waals surface area contributed by atoms with Crippen molar-refractivity contribution in [2.24, 2.45) is 0 Å². The Morgan fingerprint density at radius 2 is 2.35 bits per heavy atom. The monoisotopic (exact) mass is 267 g/mol. The van der Waals surface area contributed by atoms with Crippen molar-refractivity contribution in [2.45, 2.75) is 32.2 Å². The van der Waals surface area contributed by atoms with Gasteiger partial charge in [-0.15, -0.1) is 5.10 Å². The molecular formula is C12H17N3S2. The predicted octanol–water partition coefficient (Wildman–Crippen LogP) is 3.27. The van der Waals surface area contributed by atoms with Gasteiger partial charge in [0.2, 0.25) is 0 Å². The Kier molecular flexibility index (Phi) is 5.09. The third-order valence-electron chi connectivity index (χ3n) is 2.68. The molecule has 17 heavy (non-hydrogen) atoms. The van der Waals surface area contributed by atoms with Crippen LogP contribution in [0.2, 0.25) is 0 Å². The number of rotatable bonds is 7. The molecule has 0 fully saturated rings. The Bertz CT molecular complexity index is 397. The molecule has 0 spiro atoms. The summed E-state index contributed by atoms with van der Waals surface area (Å²) in [4.78, 5) is 0. The molecule has 0 amide bonds. The van der Waals surface area contributed by atoms with Crippen molar-refractivity contribution in [3.05, 3.63) is 33.5 Å². The molecule has 0 aliphatic heterocycles. The quantitative estimate of drug-likeness (QED) is 0.836. The summed E-state index contributed by atoms with van der Waals surface area (Å²) in [6.45, 7) is 3.22. The Morgan fingerprint density at radius 3 is 3.00 bits per heavy atom. The smallest absolute Gasteiger partial charge is 0.0924 e. The summed E-state index contributed by atoms with van der Waals surface area (Å²) in [5.41, 5.74) is 2.50. The Hall–Kier alpha value is -0.780. The van der Waals surface area contributed by atoms with Crippen LogP contribution in [-0.4, -0.2) is 16.1 Å². The first-order valence-corrected chi connectivity index (χ1v) is 7.69. The molecule has 0 aromatic carbocycles. The van der Waals surface area contributed by atoms with E-state index in [1.165, 1.54) is 17.1 Å². The minimum absolute atomic E-state index is 0.341. The van der Waals surface area contributed by atoms with Crippen molar-refractivity contribution in [1.82, 2.24) is 14.9 Å². The molecule has 0 bridgehead atoms. The summed E-state index contributed by atoms with van der Waals surface area (Å²) in [5, 5.41) is 14.1. The van der Waals surface area contributed by atoms with E-state index >= 15 is 0 Å². The molecule has 1 unspecified atom stereocenters. The maximum Gasteiger partial charge on any atom is 0.0924 e. The number of nitrogens with zero attached hydrogens (tertiary/aromatic N) is 2. The number of hydrogen-bond acceptors (Lipinski definition) is 5. The first-order valence-electron chi connectivity index (χ1n) is 5.91. The highest BCUT2D eigenvalue weighted by Crippen LogP contribution is 2.19. The van der Waals surface area contributed by atoms with Gasteiger partial charge in [0, 0.05) is 5.38 Å². The third-order valence-corrected chi connectivity index (χ3v) is 3.93. The second-order valence-electron chi connectivity index (χ2n) is 4.01. The van der Waals surface area contributed by atoms with Crippen LogP contribution in [0.5, 0.6) is 0 Å². The molecule has 2 aromatic rings. The van der Waals surface area contributed by atoms with E-state index in [-0.39, 0.29) is 0 Å². The number of nitrogens with one attached hydrogen (secondary N) is 1. The number of aromatic nitrogens is 2. The first-order chi connectivity index (χ1) is 8.40. The second-order valence-corrected chi connectivity index (χ2v) is 5.40. The highest BCUT2D eigenvalue weighted by atomic mass is 32.1. The van der Waals surface area contributed by atoms with Gasteiger partial charge in [-0.2, -0.15) is 11.3 Å². The lowest BCUT2D eigenvalue weighted by atomic mass is 10.1. The van der Waals surface area contributed by atoms with Gasteiger partial charge in [0.25, 0.3) is 0 Å². The molecule has 2 aromatic heterocycles. The van der Waals surface area contributed by atoms with Crippen LogP contribution in [-0.2, 0) is 6.42 Å². The Labute approximate surface area is 110 Å². The van der Waals surface area contributed by atoms with E-state index in [9.17, 15) is 0 Å². The average Bonchev–Trinajstić information content (AvgIpc) is 3.01. The van der Waals surface area contributed by atoms with Crippen molar-refractivity contribution in [2.75, 3.05) is 6.54 Å². The summed E-state index contributed by atoms with van der Waals surface area (Å²) in [6.07, 6.45) is 3.33. The third kappa shape index (κ3) is 3.87. The van der Waals surface area contributed by atoms with Crippen molar-refractivity contribution in [1.29, 1.82) is 0 Å².